The van der Waals surface area contributed by atoms with Gasteiger partial charge in [0.15, 0.2) is 0 Å². The normalized spacial score (nSPS) is 6.89. The van der Waals surface area contributed by atoms with Gasteiger partial charge in [0.1, 0.15) is 0 Å². The van der Waals surface area contributed by atoms with Gasteiger partial charge in [-0.25, -0.2) is 4.79 Å². The molecule has 0 aliphatic carbocycles. The van der Waals surface area contributed by atoms with Crippen molar-refractivity contribution in [3.8, 4) is 6.07 Å². The van der Waals surface area contributed by atoms with Crippen LogP contribution < -0.4 is 5.43 Å². The SMILES string of the molecule is CCOC(=O)C#[N+]NC. The first-order chi connectivity index (χ1) is 4.31. The van der Waals surface area contributed by atoms with Gasteiger partial charge in [-0.15, -0.1) is 0 Å². The molecule has 0 aliphatic rings. The Bertz CT molecular complexity index is 145. The van der Waals surface area contributed by atoms with E-state index in [1.165, 1.54) is 0 Å². The van der Waals surface area contributed by atoms with E-state index in [2.05, 4.69) is 21.2 Å². The highest BCUT2D eigenvalue weighted by Crippen LogP contribution is 1.72. The number of esters is 1. The Morgan fingerprint density at radius 1 is 1.89 bits per heavy atom. The van der Waals surface area contributed by atoms with Gasteiger partial charge in [-0.3, -0.25) is 0 Å². The van der Waals surface area contributed by atoms with E-state index in [0.29, 0.717) is 6.61 Å². The predicted octanol–water partition coefficient (Wildman–Crippen LogP) is 0.0168. The third-order valence-corrected chi connectivity index (χ3v) is 0.534. The first-order valence-corrected chi connectivity index (χ1v) is 2.60. The quantitative estimate of drug-likeness (QED) is 0.308. The van der Waals surface area contributed by atoms with Crippen LogP contribution in [0.15, 0.2) is 0 Å². The van der Waals surface area contributed by atoms with Crippen LogP contribution in [0, 0.1) is 6.07 Å². The standard InChI is InChI=1S/C5H8N2O2/c1-3-9-5(8)4-7-6-2/h3H2,1-2H3/p+1. The minimum Gasteiger partial charge on any atom is -0.452 e. The van der Waals surface area contributed by atoms with Gasteiger partial charge in [-0.2, -0.15) is 0 Å². The van der Waals surface area contributed by atoms with Crippen molar-refractivity contribution in [2.75, 3.05) is 13.7 Å². The van der Waals surface area contributed by atoms with Gasteiger partial charge < -0.3 is 4.74 Å². The largest absolute Gasteiger partial charge is 0.463 e. The first-order valence-electron chi connectivity index (χ1n) is 2.60. The summed E-state index contributed by atoms with van der Waals surface area (Å²) in [4.78, 5) is 13.7. The second-order valence-electron chi connectivity index (χ2n) is 1.17. The minimum atomic E-state index is -0.549. The first kappa shape index (κ1) is 7.76. The Morgan fingerprint density at radius 3 is 3.00 bits per heavy atom. The number of nitrogens with one attached hydrogen (secondary N) is 1. The molecule has 0 heterocycles. The van der Waals surface area contributed by atoms with Crippen molar-refractivity contribution in [3.63, 3.8) is 0 Å². The number of carbonyl (C=O) groups excluding carboxylic acids is 1. The van der Waals surface area contributed by atoms with Gasteiger partial charge in [-0.1, -0.05) is 5.43 Å². The van der Waals surface area contributed by atoms with Crippen molar-refractivity contribution in [2.45, 2.75) is 6.92 Å². The number of nitrogens with zero attached hydrogens (tertiary/aromatic N) is 1. The summed E-state index contributed by atoms with van der Waals surface area (Å²) in [6.45, 7) is 2.07. The van der Waals surface area contributed by atoms with E-state index in [1.54, 1.807) is 14.0 Å². The van der Waals surface area contributed by atoms with E-state index in [1.807, 2.05) is 0 Å². The number of hydrogen-bond donors (Lipinski definition) is 1. The fraction of sp³-hybridized carbons (Fsp3) is 0.600. The van der Waals surface area contributed by atoms with Crippen molar-refractivity contribution in [1.29, 1.82) is 0 Å². The molecule has 0 fully saturated rings. The van der Waals surface area contributed by atoms with E-state index in [4.69, 9.17) is 0 Å². The van der Waals surface area contributed by atoms with Crippen molar-refractivity contribution in [1.82, 2.24) is 5.43 Å². The third kappa shape index (κ3) is 4.62. The zero-order valence-corrected chi connectivity index (χ0v) is 5.47. The molecule has 0 aliphatic heterocycles. The maximum Gasteiger partial charge on any atom is 0.463 e. The van der Waals surface area contributed by atoms with E-state index < -0.39 is 5.97 Å². The van der Waals surface area contributed by atoms with Crippen molar-refractivity contribution < 1.29 is 9.53 Å². The maximum atomic E-state index is 10.3. The zero-order valence-electron chi connectivity index (χ0n) is 5.47. The number of ether oxygens (including phenoxy) is 1. The highest BCUT2D eigenvalue weighted by Gasteiger charge is 2.02. The lowest BCUT2D eigenvalue weighted by Gasteiger charge is -1.84. The molecule has 0 spiro atoms. The molecule has 9 heavy (non-hydrogen) atoms. The molecule has 0 radical (unpaired) electrons. The van der Waals surface area contributed by atoms with Crippen LogP contribution in [0.1, 0.15) is 6.92 Å². The molecule has 1 N–H and O–H groups in total. The zero-order chi connectivity index (χ0) is 7.11. The topological polar surface area (TPSA) is 42.7 Å². The van der Waals surface area contributed by atoms with Crippen LogP contribution in [0.25, 0.3) is 4.95 Å². The van der Waals surface area contributed by atoms with Crippen LogP contribution in [-0.2, 0) is 9.53 Å². The lowest BCUT2D eigenvalue weighted by molar-refractivity contribution is -0.136. The lowest BCUT2D eigenvalue weighted by Crippen LogP contribution is -2.00. The molecule has 0 bridgehead atoms. The summed E-state index contributed by atoms with van der Waals surface area (Å²) in [5, 5.41) is 0. The molecule has 0 aromatic heterocycles. The van der Waals surface area contributed by atoms with Crippen LogP contribution >= 0.6 is 0 Å². The molecule has 0 atom stereocenters. The van der Waals surface area contributed by atoms with Crippen LogP contribution in [0.5, 0.6) is 0 Å². The molecule has 0 saturated heterocycles. The summed E-state index contributed by atoms with van der Waals surface area (Å²) >= 11 is 0. The summed E-state index contributed by atoms with van der Waals surface area (Å²) in [5.41, 5.74) is 2.37. The van der Waals surface area contributed by atoms with Gasteiger partial charge in [0, 0.05) is 0 Å². The Balaban J connectivity index is 3.49. The molecule has 4 heteroatoms. The van der Waals surface area contributed by atoms with E-state index in [0.717, 1.165) is 0 Å². The highest BCUT2D eigenvalue weighted by molar-refractivity contribution is 5.87. The van der Waals surface area contributed by atoms with Gasteiger partial charge in [-0.05, 0) is 6.92 Å². The monoisotopic (exact) mass is 129 g/mol. The molecule has 50 valence electrons. The van der Waals surface area contributed by atoms with Gasteiger partial charge >= 0.3 is 12.0 Å². The molecule has 0 aromatic rings. The van der Waals surface area contributed by atoms with E-state index >= 15 is 0 Å². The Morgan fingerprint density at radius 2 is 2.56 bits per heavy atom. The van der Waals surface area contributed by atoms with Gasteiger partial charge in [0.05, 0.1) is 18.6 Å². The molecule has 0 saturated carbocycles. The fourth-order valence-corrected chi connectivity index (χ4v) is 0.265. The summed E-state index contributed by atoms with van der Waals surface area (Å²) in [6, 6.07) is 2.09. The van der Waals surface area contributed by atoms with Crippen LogP contribution in [0.3, 0.4) is 0 Å². The number of hydrogen-bond acceptors (Lipinski definition) is 3. The smallest absolute Gasteiger partial charge is 0.452 e. The highest BCUT2D eigenvalue weighted by atomic mass is 16.5. The van der Waals surface area contributed by atoms with Crippen LogP contribution in [0.4, 0.5) is 0 Å². The second kappa shape index (κ2) is 4.91. The lowest BCUT2D eigenvalue weighted by atomic mass is 10.7. The van der Waals surface area contributed by atoms with Crippen LogP contribution in [-0.4, -0.2) is 19.6 Å². The Labute approximate surface area is 53.6 Å². The number of rotatable bonds is 1. The molecular formula is C5H9N2O2+. The molecule has 0 rings (SSSR count). The summed E-state index contributed by atoms with van der Waals surface area (Å²) in [5.74, 6) is -0.549. The Kier molecular flexibility index (Phi) is 4.23. The number of carbonyl (C=O) groups is 1. The fourth-order valence-electron chi connectivity index (χ4n) is 0.265. The molecular weight excluding hydrogens is 120 g/mol. The summed E-state index contributed by atoms with van der Waals surface area (Å²) in [7, 11) is 1.58. The van der Waals surface area contributed by atoms with Crippen molar-refractivity contribution in [2.24, 2.45) is 0 Å². The van der Waals surface area contributed by atoms with Gasteiger partial charge in [0.25, 0.3) is 0 Å². The third-order valence-electron chi connectivity index (χ3n) is 0.534. The van der Waals surface area contributed by atoms with Crippen molar-refractivity contribution >= 4 is 5.97 Å². The molecule has 0 unspecified atom stereocenters. The summed E-state index contributed by atoms with van der Waals surface area (Å²) in [6.07, 6.45) is 0. The van der Waals surface area contributed by atoms with Crippen LogP contribution in [0.2, 0.25) is 0 Å². The molecule has 0 aromatic carbocycles. The summed E-state index contributed by atoms with van der Waals surface area (Å²) < 4.78 is 4.46. The average molecular weight is 129 g/mol. The average Bonchev–Trinajstić information content (AvgIpc) is 1.85. The molecule has 4 nitrogen and oxygen atoms in total. The van der Waals surface area contributed by atoms with E-state index in [-0.39, 0.29) is 0 Å². The van der Waals surface area contributed by atoms with Gasteiger partial charge in [0.2, 0.25) is 0 Å². The molecule has 0 amide bonds. The van der Waals surface area contributed by atoms with Crippen molar-refractivity contribution in [3.05, 3.63) is 4.95 Å². The second-order valence-corrected chi connectivity index (χ2v) is 1.17. The maximum absolute atomic E-state index is 10.3. The van der Waals surface area contributed by atoms with E-state index in [9.17, 15) is 4.79 Å². The predicted molar refractivity (Wildman–Crippen MR) is 32.9 cm³/mol. The minimum absolute atomic E-state index is 0.352. The Hall–Kier alpha value is -1.24.